The third kappa shape index (κ3) is 1.73. The zero-order chi connectivity index (χ0) is 12.7. The number of hydrogen-bond acceptors (Lipinski definition) is 2. The van der Waals surface area contributed by atoms with Crippen molar-refractivity contribution < 1.29 is 9.47 Å². The summed E-state index contributed by atoms with van der Waals surface area (Å²) in [5, 5.41) is 2.41. The molecule has 2 heteroatoms. The molecule has 0 spiro atoms. The first-order chi connectivity index (χ1) is 9.40. The lowest BCUT2D eigenvalue weighted by Crippen LogP contribution is -2.07. The van der Waals surface area contributed by atoms with Crippen molar-refractivity contribution in [2.75, 3.05) is 0 Å². The minimum Gasteiger partial charge on any atom is -0.447 e. The van der Waals surface area contributed by atoms with Crippen LogP contribution in [0.5, 0.6) is 11.5 Å². The molecule has 91 valence electrons. The summed E-state index contributed by atoms with van der Waals surface area (Å²) >= 11 is 0. The summed E-state index contributed by atoms with van der Waals surface area (Å²) in [6.45, 7) is 0. The van der Waals surface area contributed by atoms with Crippen LogP contribution in [0.25, 0.3) is 10.8 Å². The Morgan fingerprint density at radius 3 is 2.58 bits per heavy atom. The van der Waals surface area contributed by atoms with Gasteiger partial charge in [0.25, 0.3) is 6.29 Å². The summed E-state index contributed by atoms with van der Waals surface area (Å²) in [7, 11) is 0. The molecule has 0 saturated carbocycles. The van der Waals surface area contributed by atoms with Gasteiger partial charge >= 0.3 is 0 Å². The summed E-state index contributed by atoms with van der Waals surface area (Å²) in [4.78, 5) is 0. The molecule has 0 bridgehead atoms. The maximum Gasteiger partial charge on any atom is 0.267 e. The van der Waals surface area contributed by atoms with Gasteiger partial charge in [0, 0.05) is 5.56 Å². The second kappa shape index (κ2) is 4.02. The number of hydrogen-bond donors (Lipinski definition) is 0. The van der Waals surface area contributed by atoms with Gasteiger partial charge in [-0.2, -0.15) is 0 Å². The highest BCUT2D eigenvalue weighted by atomic mass is 16.7. The van der Waals surface area contributed by atoms with Gasteiger partial charge in [-0.05, 0) is 35.0 Å². The number of benzene rings is 3. The molecule has 0 aromatic heterocycles. The van der Waals surface area contributed by atoms with Crippen molar-refractivity contribution >= 4 is 10.8 Å². The first-order valence-corrected chi connectivity index (χ1v) is 6.22. The Morgan fingerprint density at radius 1 is 0.842 bits per heavy atom. The highest BCUT2D eigenvalue weighted by Crippen LogP contribution is 2.40. The smallest absolute Gasteiger partial charge is 0.267 e. The molecule has 19 heavy (non-hydrogen) atoms. The molecular formula is C17H11O2. The fourth-order valence-corrected chi connectivity index (χ4v) is 2.34. The first kappa shape index (κ1) is 10.4. The number of fused-ring (bicyclic) bond motifs is 2. The van der Waals surface area contributed by atoms with Crippen LogP contribution in [0.4, 0.5) is 0 Å². The van der Waals surface area contributed by atoms with E-state index in [0.717, 1.165) is 17.1 Å². The molecule has 1 aliphatic rings. The topological polar surface area (TPSA) is 18.5 Å². The molecule has 1 heterocycles. The van der Waals surface area contributed by atoms with E-state index in [4.69, 9.17) is 9.47 Å². The molecule has 0 saturated heterocycles. The van der Waals surface area contributed by atoms with Crippen LogP contribution in [0.1, 0.15) is 11.9 Å². The predicted molar refractivity (Wildman–Crippen MR) is 73.2 cm³/mol. The summed E-state index contributed by atoms with van der Waals surface area (Å²) in [5.41, 5.74) is 1.02. The summed E-state index contributed by atoms with van der Waals surface area (Å²) in [6, 6.07) is 23.0. The Morgan fingerprint density at radius 2 is 1.68 bits per heavy atom. The fourth-order valence-electron chi connectivity index (χ4n) is 2.34. The van der Waals surface area contributed by atoms with Gasteiger partial charge in [0.05, 0.1) is 0 Å². The van der Waals surface area contributed by atoms with E-state index in [1.54, 1.807) is 6.07 Å². The number of ether oxygens (including phenoxy) is 2. The van der Waals surface area contributed by atoms with Gasteiger partial charge in [-0.25, -0.2) is 0 Å². The Bertz CT molecular complexity index is 724. The highest BCUT2D eigenvalue weighted by Gasteiger charge is 2.25. The molecule has 0 N–H and O–H groups in total. The summed E-state index contributed by atoms with van der Waals surface area (Å²) in [6.07, 6.45) is -0.365. The summed E-state index contributed by atoms with van der Waals surface area (Å²) in [5.74, 6) is 1.53. The second-order valence-corrected chi connectivity index (χ2v) is 4.55. The molecular weight excluding hydrogens is 236 g/mol. The van der Waals surface area contributed by atoms with Crippen LogP contribution in [0.3, 0.4) is 0 Å². The van der Waals surface area contributed by atoms with Crippen molar-refractivity contribution in [1.29, 1.82) is 0 Å². The zero-order valence-electron chi connectivity index (χ0n) is 10.2. The average molecular weight is 247 g/mol. The number of rotatable bonds is 1. The molecule has 0 aliphatic carbocycles. The molecule has 1 aliphatic heterocycles. The quantitative estimate of drug-likeness (QED) is 0.644. The molecule has 4 rings (SSSR count). The second-order valence-electron chi connectivity index (χ2n) is 4.55. The van der Waals surface area contributed by atoms with Crippen molar-refractivity contribution in [2.45, 2.75) is 6.29 Å². The lowest BCUT2D eigenvalue weighted by molar-refractivity contribution is 0.0488. The van der Waals surface area contributed by atoms with Crippen molar-refractivity contribution in [2.24, 2.45) is 0 Å². The third-order valence-corrected chi connectivity index (χ3v) is 3.30. The standard InChI is InChI=1S/C17H11O2/c1-2-6-13-11-14(10-9-12(13)5-1)17-18-15-7-3-4-8-16(15)19-17/h1-3,5-11,17H. The van der Waals surface area contributed by atoms with Crippen LogP contribution in [0.2, 0.25) is 0 Å². The normalized spacial score (nSPS) is 13.9. The van der Waals surface area contributed by atoms with Crippen molar-refractivity contribution in [3.8, 4) is 11.5 Å². The van der Waals surface area contributed by atoms with Crippen molar-refractivity contribution in [3.63, 3.8) is 0 Å². The van der Waals surface area contributed by atoms with Gasteiger partial charge in [0.2, 0.25) is 0 Å². The van der Waals surface area contributed by atoms with Crippen LogP contribution >= 0.6 is 0 Å². The Labute approximate surface area is 111 Å². The van der Waals surface area contributed by atoms with Crippen molar-refractivity contribution in [3.05, 3.63) is 72.3 Å². The predicted octanol–water partition coefficient (Wildman–Crippen LogP) is 4.11. The minimum absolute atomic E-state index is 0.365. The molecule has 1 atom stereocenters. The van der Waals surface area contributed by atoms with E-state index in [1.807, 2.05) is 30.3 Å². The van der Waals surface area contributed by atoms with E-state index >= 15 is 0 Å². The van der Waals surface area contributed by atoms with E-state index in [0.29, 0.717) is 0 Å². The largest absolute Gasteiger partial charge is 0.447 e. The van der Waals surface area contributed by atoms with E-state index in [9.17, 15) is 0 Å². The molecule has 0 amide bonds. The lowest BCUT2D eigenvalue weighted by Gasteiger charge is -2.11. The van der Waals surface area contributed by atoms with Gasteiger partial charge in [-0.3, -0.25) is 0 Å². The fraction of sp³-hybridized carbons (Fsp3) is 0.0588. The zero-order valence-corrected chi connectivity index (χ0v) is 10.2. The lowest BCUT2D eigenvalue weighted by atomic mass is 10.1. The molecule has 1 unspecified atom stereocenters. The first-order valence-electron chi connectivity index (χ1n) is 6.22. The van der Waals surface area contributed by atoms with Gasteiger partial charge in [-0.15, -0.1) is 0 Å². The molecule has 3 aromatic rings. The van der Waals surface area contributed by atoms with E-state index in [-0.39, 0.29) is 6.29 Å². The average Bonchev–Trinajstić information content (AvgIpc) is 2.90. The van der Waals surface area contributed by atoms with E-state index < -0.39 is 0 Å². The maximum atomic E-state index is 5.80. The molecule has 1 radical (unpaired) electrons. The van der Waals surface area contributed by atoms with Gasteiger partial charge in [-0.1, -0.05) is 42.5 Å². The minimum atomic E-state index is -0.365. The van der Waals surface area contributed by atoms with Crippen molar-refractivity contribution in [1.82, 2.24) is 0 Å². The van der Waals surface area contributed by atoms with Crippen LogP contribution in [-0.2, 0) is 0 Å². The Hall–Kier alpha value is -2.48. The third-order valence-electron chi connectivity index (χ3n) is 3.30. The van der Waals surface area contributed by atoms with Crippen LogP contribution in [0.15, 0.2) is 60.7 Å². The van der Waals surface area contributed by atoms with E-state index in [2.05, 4.69) is 30.3 Å². The maximum absolute atomic E-state index is 5.80. The van der Waals surface area contributed by atoms with Gasteiger partial charge < -0.3 is 9.47 Å². The SMILES string of the molecule is [c]1ccc2c(c1)OC(c1ccc3ccccc3c1)O2. The van der Waals surface area contributed by atoms with Crippen LogP contribution < -0.4 is 9.47 Å². The highest BCUT2D eigenvalue weighted by molar-refractivity contribution is 5.83. The Balaban J connectivity index is 1.73. The Kier molecular flexibility index (Phi) is 2.21. The van der Waals surface area contributed by atoms with E-state index in [1.165, 1.54) is 10.8 Å². The van der Waals surface area contributed by atoms with Crippen LogP contribution in [0, 0.1) is 6.07 Å². The van der Waals surface area contributed by atoms with Crippen LogP contribution in [-0.4, -0.2) is 0 Å². The molecule has 2 nitrogen and oxygen atoms in total. The van der Waals surface area contributed by atoms with Gasteiger partial charge in [0.1, 0.15) is 0 Å². The summed E-state index contributed by atoms with van der Waals surface area (Å²) < 4.78 is 11.6. The molecule has 3 aromatic carbocycles. The molecule has 0 fully saturated rings. The van der Waals surface area contributed by atoms with Gasteiger partial charge in [0.15, 0.2) is 11.5 Å². The monoisotopic (exact) mass is 247 g/mol.